The van der Waals surface area contributed by atoms with Crippen molar-refractivity contribution in [1.29, 1.82) is 0 Å². The Bertz CT molecular complexity index is 1280. The molecule has 1 aromatic carbocycles. The summed E-state index contributed by atoms with van der Waals surface area (Å²) in [5, 5.41) is 4.57. The smallest absolute Gasteiger partial charge is 0.270 e. The molecule has 0 spiro atoms. The average Bonchev–Trinajstić information content (AvgIpc) is 3.11. The molecule has 0 amide bonds. The van der Waals surface area contributed by atoms with Gasteiger partial charge in [0.05, 0.1) is 16.3 Å². The molecular weight excluding hydrogens is 372 g/mol. The summed E-state index contributed by atoms with van der Waals surface area (Å²) in [4.78, 5) is 18.9. The van der Waals surface area contributed by atoms with Gasteiger partial charge in [0.2, 0.25) is 5.72 Å². The second-order valence-electron chi connectivity index (χ2n) is 7.62. The maximum Gasteiger partial charge on any atom is 0.270 e. The van der Waals surface area contributed by atoms with E-state index in [1.54, 1.807) is 0 Å². The average molecular weight is 395 g/mol. The van der Waals surface area contributed by atoms with Crippen molar-refractivity contribution in [3.8, 4) is 5.75 Å². The van der Waals surface area contributed by atoms with E-state index in [1.165, 1.54) is 11.3 Å². The van der Waals surface area contributed by atoms with Gasteiger partial charge < -0.3 is 4.74 Å². The van der Waals surface area contributed by atoms with Crippen LogP contribution < -0.4 is 19.6 Å². The molecule has 144 valence electrons. The molecule has 2 bridgehead atoms. The summed E-state index contributed by atoms with van der Waals surface area (Å²) in [5.74, 6) is 0.815. The molecule has 5 rings (SSSR count). The fraction of sp³-hybridized carbons (Fsp3) is 0.381. The summed E-state index contributed by atoms with van der Waals surface area (Å²) in [6, 6.07) is 7.90. The molecule has 2 aliphatic heterocycles. The van der Waals surface area contributed by atoms with Gasteiger partial charge in [-0.3, -0.25) is 14.0 Å². The van der Waals surface area contributed by atoms with Gasteiger partial charge in [-0.15, -0.1) is 0 Å². The molecule has 4 heterocycles. The Morgan fingerprint density at radius 2 is 2.14 bits per heavy atom. The quantitative estimate of drug-likeness (QED) is 0.670. The van der Waals surface area contributed by atoms with Crippen LogP contribution in [-0.2, 0) is 6.54 Å². The van der Waals surface area contributed by atoms with Crippen molar-refractivity contribution >= 4 is 17.4 Å². The molecule has 7 heteroatoms. The molecule has 2 aromatic heterocycles. The third-order valence-corrected chi connectivity index (χ3v) is 6.66. The van der Waals surface area contributed by atoms with Crippen LogP contribution in [0.5, 0.6) is 5.75 Å². The number of benzene rings is 1. The van der Waals surface area contributed by atoms with Crippen molar-refractivity contribution in [2.24, 2.45) is 4.99 Å². The van der Waals surface area contributed by atoms with Crippen LogP contribution in [0.2, 0.25) is 0 Å². The molecule has 6 nitrogen and oxygen atoms in total. The van der Waals surface area contributed by atoms with E-state index in [1.807, 2.05) is 60.4 Å². The highest BCUT2D eigenvalue weighted by atomic mass is 32.1. The van der Waals surface area contributed by atoms with Gasteiger partial charge in [0.1, 0.15) is 5.75 Å². The van der Waals surface area contributed by atoms with Crippen LogP contribution in [0.3, 0.4) is 0 Å². The fourth-order valence-electron chi connectivity index (χ4n) is 4.30. The van der Waals surface area contributed by atoms with Gasteiger partial charge in [-0.05, 0) is 39.8 Å². The Balaban J connectivity index is 1.76. The molecule has 2 atom stereocenters. The largest absolute Gasteiger partial charge is 0.466 e. The number of fused-ring (bicyclic) bond motifs is 6. The number of thiazole rings is 1. The second kappa shape index (κ2) is 5.91. The van der Waals surface area contributed by atoms with Gasteiger partial charge >= 0.3 is 0 Å². The maximum absolute atomic E-state index is 13.3. The predicted molar refractivity (Wildman–Crippen MR) is 109 cm³/mol. The molecule has 3 aromatic rings. The highest BCUT2D eigenvalue weighted by molar-refractivity contribution is 7.07. The molecular formula is C21H22N4O2S. The Hall–Kier alpha value is -2.67. The Labute approximate surface area is 166 Å². The van der Waals surface area contributed by atoms with E-state index in [9.17, 15) is 4.79 Å². The summed E-state index contributed by atoms with van der Waals surface area (Å²) in [6.07, 6.45) is 2.63. The minimum atomic E-state index is -0.632. The van der Waals surface area contributed by atoms with E-state index in [-0.39, 0.29) is 11.6 Å². The van der Waals surface area contributed by atoms with Crippen molar-refractivity contribution in [2.45, 2.75) is 52.4 Å². The van der Waals surface area contributed by atoms with E-state index in [0.717, 1.165) is 39.6 Å². The zero-order valence-corrected chi connectivity index (χ0v) is 17.2. The topological polar surface area (TPSA) is 61.4 Å². The van der Waals surface area contributed by atoms with Gasteiger partial charge in [0, 0.05) is 29.8 Å². The van der Waals surface area contributed by atoms with Crippen molar-refractivity contribution in [2.75, 3.05) is 0 Å². The molecule has 0 fully saturated rings. The number of aryl methyl sites for hydroxylation is 2. The first-order valence-corrected chi connectivity index (χ1v) is 10.4. The summed E-state index contributed by atoms with van der Waals surface area (Å²) < 4.78 is 10.7. The normalized spacial score (nSPS) is 23.0. The van der Waals surface area contributed by atoms with Crippen LogP contribution in [0, 0.1) is 13.8 Å². The lowest BCUT2D eigenvalue weighted by Crippen LogP contribution is -2.49. The van der Waals surface area contributed by atoms with Crippen molar-refractivity contribution in [3.63, 3.8) is 0 Å². The highest BCUT2D eigenvalue weighted by Crippen LogP contribution is 2.42. The van der Waals surface area contributed by atoms with E-state index in [0.29, 0.717) is 11.0 Å². The summed E-state index contributed by atoms with van der Waals surface area (Å²) in [6.45, 7) is 8.90. The Kier molecular flexibility index (Phi) is 3.68. The number of aromatic nitrogens is 3. The first kappa shape index (κ1) is 17.4. The minimum Gasteiger partial charge on any atom is -0.466 e. The molecule has 0 radical (unpaired) electrons. The third-order valence-electron chi connectivity index (χ3n) is 5.67. The first-order valence-electron chi connectivity index (χ1n) is 9.55. The Morgan fingerprint density at radius 3 is 2.89 bits per heavy atom. The van der Waals surface area contributed by atoms with E-state index < -0.39 is 5.72 Å². The van der Waals surface area contributed by atoms with Crippen LogP contribution in [0.1, 0.15) is 48.8 Å². The maximum atomic E-state index is 13.3. The van der Waals surface area contributed by atoms with E-state index >= 15 is 0 Å². The Morgan fingerprint density at radius 1 is 1.36 bits per heavy atom. The van der Waals surface area contributed by atoms with Crippen LogP contribution in [0.25, 0.3) is 6.08 Å². The van der Waals surface area contributed by atoms with Crippen LogP contribution in [-0.4, -0.2) is 20.1 Å². The highest BCUT2D eigenvalue weighted by Gasteiger charge is 2.42. The molecule has 0 saturated heterocycles. The standard InChI is InChI=1S/C21H22N4O2S/c1-5-24-13(3)15(12(2)23-24)10-18-19(26)25-16-11-21(4,22-20(25)28-18)27-17-9-7-6-8-14(16)17/h6-10,16H,5,11H2,1-4H3. The number of hydrogen-bond donors (Lipinski definition) is 0. The van der Waals surface area contributed by atoms with Crippen LogP contribution in [0.15, 0.2) is 34.1 Å². The second-order valence-corrected chi connectivity index (χ2v) is 8.62. The van der Waals surface area contributed by atoms with Gasteiger partial charge in [-0.1, -0.05) is 29.5 Å². The number of ether oxygens (including phenoxy) is 1. The lowest BCUT2D eigenvalue weighted by atomic mass is 9.93. The molecule has 0 N–H and O–H groups in total. The van der Waals surface area contributed by atoms with Crippen molar-refractivity contribution in [1.82, 2.24) is 14.3 Å². The van der Waals surface area contributed by atoms with E-state index in [2.05, 4.69) is 12.0 Å². The number of hydrogen-bond acceptors (Lipinski definition) is 5. The van der Waals surface area contributed by atoms with Crippen LogP contribution >= 0.6 is 11.3 Å². The molecule has 2 unspecified atom stereocenters. The van der Waals surface area contributed by atoms with Gasteiger partial charge in [0.15, 0.2) is 4.80 Å². The zero-order valence-electron chi connectivity index (χ0n) is 16.4. The molecule has 0 aliphatic carbocycles. The minimum absolute atomic E-state index is 0.00977. The lowest BCUT2D eigenvalue weighted by Gasteiger charge is -2.39. The predicted octanol–water partition coefficient (Wildman–Crippen LogP) is 2.29. The third kappa shape index (κ3) is 2.42. The lowest BCUT2D eigenvalue weighted by molar-refractivity contribution is 0.0410. The first-order chi connectivity index (χ1) is 13.4. The van der Waals surface area contributed by atoms with Gasteiger partial charge in [-0.2, -0.15) is 5.10 Å². The number of para-hydroxylation sites is 1. The van der Waals surface area contributed by atoms with Gasteiger partial charge in [0.25, 0.3) is 5.56 Å². The SMILES string of the molecule is CCn1nc(C)c(C=c2sc3n(c2=O)C2CC(C)(N=3)Oc3ccccc32)c1C. The summed E-state index contributed by atoms with van der Waals surface area (Å²) in [7, 11) is 0. The van der Waals surface area contributed by atoms with Gasteiger partial charge in [-0.25, -0.2) is 4.99 Å². The van der Waals surface area contributed by atoms with Crippen molar-refractivity contribution < 1.29 is 4.74 Å². The molecule has 2 aliphatic rings. The fourth-order valence-corrected chi connectivity index (χ4v) is 5.40. The monoisotopic (exact) mass is 394 g/mol. The van der Waals surface area contributed by atoms with Crippen LogP contribution in [0.4, 0.5) is 0 Å². The molecule has 0 saturated carbocycles. The zero-order chi connectivity index (χ0) is 19.6. The summed E-state index contributed by atoms with van der Waals surface area (Å²) in [5.41, 5.74) is 3.46. The number of rotatable bonds is 2. The number of nitrogens with zero attached hydrogens (tertiary/aromatic N) is 4. The van der Waals surface area contributed by atoms with E-state index in [4.69, 9.17) is 9.73 Å². The molecule has 28 heavy (non-hydrogen) atoms. The summed E-state index contributed by atoms with van der Waals surface area (Å²) >= 11 is 1.43. The van der Waals surface area contributed by atoms with Crippen molar-refractivity contribution in [3.05, 3.63) is 66.5 Å².